The monoisotopic (exact) mass is 204 g/mol. The first-order chi connectivity index (χ1) is 6.51. The molecule has 0 rings (SSSR count). The fourth-order valence-electron chi connectivity index (χ4n) is 1.41. The quantitative estimate of drug-likeness (QED) is 0.589. The van der Waals surface area contributed by atoms with E-state index in [1.165, 1.54) is 0 Å². The molecule has 0 aromatic rings. The zero-order valence-corrected chi connectivity index (χ0v) is 10.3. The summed E-state index contributed by atoms with van der Waals surface area (Å²) >= 11 is 0. The Morgan fingerprint density at radius 1 is 0.786 bits per heavy atom. The van der Waals surface area contributed by atoms with Crippen molar-refractivity contribution in [2.75, 3.05) is 55.5 Å². The molecule has 0 heterocycles. The molecule has 0 amide bonds. The lowest BCUT2D eigenvalue weighted by atomic mass is 10.2. The molecule has 86 valence electrons. The van der Waals surface area contributed by atoms with Crippen molar-refractivity contribution in [3.63, 3.8) is 0 Å². The van der Waals surface area contributed by atoms with Crippen LogP contribution in [0.2, 0.25) is 0 Å². The van der Waals surface area contributed by atoms with E-state index in [9.17, 15) is 0 Å². The summed E-state index contributed by atoms with van der Waals surface area (Å²) in [7, 11) is 11.6. The minimum atomic E-state index is 0.123. The van der Waals surface area contributed by atoms with Crippen molar-refractivity contribution in [3.05, 3.63) is 0 Å². The Morgan fingerprint density at radius 3 is 1.21 bits per heavy atom. The average Bonchev–Trinajstić information content (AvgIpc) is 2.10. The lowest BCUT2D eigenvalue weighted by Gasteiger charge is -2.29. The van der Waals surface area contributed by atoms with E-state index in [1.54, 1.807) is 14.2 Å². The van der Waals surface area contributed by atoms with Gasteiger partial charge < -0.3 is 19.3 Å². The summed E-state index contributed by atoms with van der Waals surface area (Å²) in [5, 5.41) is 0. The van der Waals surface area contributed by atoms with E-state index in [0.717, 1.165) is 13.1 Å². The van der Waals surface area contributed by atoms with Crippen LogP contribution in [0.4, 0.5) is 0 Å². The van der Waals surface area contributed by atoms with E-state index in [4.69, 9.17) is 9.47 Å². The van der Waals surface area contributed by atoms with Crippen LogP contribution in [0.25, 0.3) is 0 Å². The molecule has 2 atom stereocenters. The van der Waals surface area contributed by atoms with Crippen LogP contribution in [0.1, 0.15) is 0 Å². The van der Waals surface area contributed by atoms with Crippen LogP contribution in [0.5, 0.6) is 0 Å². The van der Waals surface area contributed by atoms with Crippen LogP contribution >= 0.6 is 0 Å². The Bertz CT molecular complexity index is 124. The van der Waals surface area contributed by atoms with Crippen LogP contribution in [-0.4, -0.2) is 77.5 Å². The molecule has 0 N–H and O–H groups in total. The Labute approximate surface area is 87.8 Å². The van der Waals surface area contributed by atoms with Crippen molar-refractivity contribution < 1.29 is 9.47 Å². The summed E-state index contributed by atoms with van der Waals surface area (Å²) < 4.78 is 10.8. The van der Waals surface area contributed by atoms with Crippen molar-refractivity contribution in [3.8, 4) is 0 Å². The van der Waals surface area contributed by atoms with Gasteiger partial charge in [-0.2, -0.15) is 0 Å². The average molecular weight is 204 g/mol. The van der Waals surface area contributed by atoms with E-state index >= 15 is 0 Å². The molecule has 0 aliphatic heterocycles. The van der Waals surface area contributed by atoms with Crippen molar-refractivity contribution >= 4 is 0 Å². The molecule has 4 heteroatoms. The zero-order chi connectivity index (χ0) is 11.1. The van der Waals surface area contributed by atoms with Gasteiger partial charge in [-0.1, -0.05) is 0 Å². The summed E-state index contributed by atoms with van der Waals surface area (Å²) in [4.78, 5) is 4.21. The number of methoxy groups -OCH3 is 2. The molecule has 1 unspecified atom stereocenters. The third-order valence-corrected chi connectivity index (χ3v) is 2.11. The molecule has 0 aliphatic rings. The highest BCUT2D eigenvalue weighted by atomic mass is 16.5. The molecule has 0 radical (unpaired) electrons. The molecule has 4 nitrogen and oxygen atoms in total. The largest absolute Gasteiger partial charge is 0.377 e. The van der Waals surface area contributed by atoms with Crippen LogP contribution < -0.4 is 0 Å². The smallest absolute Gasteiger partial charge is 0.0971 e. The van der Waals surface area contributed by atoms with Gasteiger partial charge in [0, 0.05) is 27.3 Å². The summed E-state index contributed by atoms with van der Waals surface area (Å²) in [6.45, 7) is 1.76. The number of ether oxygens (including phenoxy) is 2. The van der Waals surface area contributed by atoms with Gasteiger partial charge in [-0.3, -0.25) is 0 Å². The lowest BCUT2D eigenvalue weighted by Crippen LogP contribution is -2.43. The second-order valence-corrected chi connectivity index (χ2v) is 4.07. The van der Waals surface area contributed by atoms with Crippen LogP contribution in [0.15, 0.2) is 0 Å². The van der Waals surface area contributed by atoms with Crippen LogP contribution in [0.3, 0.4) is 0 Å². The van der Waals surface area contributed by atoms with Crippen LogP contribution in [-0.2, 0) is 9.47 Å². The summed E-state index contributed by atoms with van der Waals surface area (Å²) in [6.07, 6.45) is 0.245. The highest BCUT2D eigenvalue weighted by Crippen LogP contribution is 2.05. The highest BCUT2D eigenvalue weighted by Gasteiger charge is 2.21. The standard InChI is InChI=1S/C10H24N2O2/c1-11(2)7-9(13-5)10(14-6)8-12(3)4/h9-10H,7-8H2,1-6H3/t9-,10?/m0/s1. The molecule has 0 fully saturated rings. The third kappa shape index (κ3) is 5.54. The van der Waals surface area contributed by atoms with Gasteiger partial charge in [0.1, 0.15) is 0 Å². The minimum Gasteiger partial charge on any atom is -0.377 e. The van der Waals surface area contributed by atoms with Gasteiger partial charge in [-0.05, 0) is 28.2 Å². The second-order valence-electron chi connectivity index (χ2n) is 4.07. The molecular weight excluding hydrogens is 180 g/mol. The summed E-state index contributed by atoms with van der Waals surface area (Å²) in [6, 6.07) is 0. The Kier molecular flexibility index (Phi) is 7.09. The highest BCUT2D eigenvalue weighted by molar-refractivity contribution is 4.74. The Hall–Kier alpha value is -0.160. The number of nitrogens with zero attached hydrogens (tertiary/aromatic N) is 2. The normalized spacial score (nSPS) is 16.3. The first-order valence-electron chi connectivity index (χ1n) is 4.86. The van der Waals surface area contributed by atoms with Crippen molar-refractivity contribution in [1.82, 2.24) is 9.80 Å². The third-order valence-electron chi connectivity index (χ3n) is 2.11. The minimum absolute atomic E-state index is 0.123. The van der Waals surface area contributed by atoms with Gasteiger partial charge in [-0.25, -0.2) is 0 Å². The van der Waals surface area contributed by atoms with Gasteiger partial charge in [0.15, 0.2) is 0 Å². The predicted octanol–water partition coefficient (Wildman–Crippen LogP) is 0.140. The van der Waals surface area contributed by atoms with E-state index in [2.05, 4.69) is 9.80 Å². The number of hydrogen-bond donors (Lipinski definition) is 0. The predicted molar refractivity (Wildman–Crippen MR) is 58.7 cm³/mol. The first-order valence-corrected chi connectivity index (χ1v) is 4.86. The van der Waals surface area contributed by atoms with Gasteiger partial charge in [0.2, 0.25) is 0 Å². The lowest BCUT2D eigenvalue weighted by molar-refractivity contribution is -0.0539. The van der Waals surface area contributed by atoms with E-state index in [1.807, 2.05) is 28.2 Å². The fraction of sp³-hybridized carbons (Fsp3) is 1.00. The molecule has 0 saturated carbocycles. The Morgan fingerprint density at radius 2 is 1.07 bits per heavy atom. The van der Waals surface area contributed by atoms with Gasteiger partial charge in [-0.15, -0.1) is 0 Å². The number of likely N-dealkylation sites (N-methyl/N-ethyl adjacent to an activating group) is 2. The second kappa shape index (κ2) is 7.17. The maximum Gasteiger partial charge on any atom is 0.0971 e. The Balaban J connectivity index is 4.14. The summed E-state index contributed by atoms with van der Waals surface area (Å²) in [5.41, 5.74) is 0. The maximum absolute atomic E-state index is 5.42. The molecule has 0 aromatic carbocycles. The first kappa shape index (κ1) is 13.8. The molecular formula is C10H24N2O2. The number of rotatable bonds is 7. The zero-order valence-electron chi connectivity index (χ0n) is 10.3. The van der Waals surface area contributed by atoms with Crippen molar-refractivity contribution in [1.29, 1.82) is 0 Å². The van der Waals surface area contributed by atoms with E-state index < -0.39 is 0 Å². The maximum atomic E-state index is 5.42. The number of hydrogen-bond acceptors (Lipinski definition) is 4. The molecule has 0 aliphatic carbocycles. The van der Waals surface area contributed by atoms with E-state index in [-0.39, 0.29) is 12.2 Å². The topological polar surface area (TPSA) is 24.9 Å². The molecule has 0 saturated heterocycles. The van der Waals surface area contributed by atoms with Crippen LogP contribution in [0, 0.1) is 0 Å². The summed E-state index contributed by atoms with van der Waals surface area (Å²) in [5.74, 6) is 0. The molecule has 0 aromatic heterocycles. The van der Waals surface area contributed by atoms with Crippen molar-refractivity contribution in [2.45, 2.75) is 12.2 Å². The SMILES string of the molecule is COC(CN(C)C)[C@H](CN(C)C)OC. The van der Waals surface area contributed by atoms with Crippen molar-refractivity contribution in [2.24, 2.45) is 0 Å². The van der Waals surface area contributed by atoms with Gasteiger partial charge in [0.25, 0.3) is 0 Å². The van der Waals surface area contributed by atoms with Gasteiger partial charge in [0.05, 0.1) is 12.2 Å². The fourth-order valence-corrected chi connectivity index (χ4v) is 1.41. The molecule has 0 spiro atoms. The molecule has 0 bridgehead atoms. The van der Waals surface area contributed by atoms with Gasteiger partial charge >= 0.3 is 0 Å². The molecule has 14 heavy (non-hydrogen) atoms. The van der Waals surface area contributed by atoms with E-state index in [0.29, 0.717) is 0 Å².